The van der Waals surface area contributed by atoms with Gasteiger partial charge in [0.1, 0.15) is 0 Å². The number of aryl methyl sites for hydroxylation is 1. The minimum atomic E-state index is -4.45. The van der Waals surface area contributed by atoms with Crippen molar-refractivity contribution in [2.45, 2.75) is 19.0 Å². The van der Waals surface area contributed by atoms with Crippen molar-refractivity contribution < 1.29 is 22.5 Å². The SMILES string of the molecule is O=C(CCc1nc(-c2cccc(C(F)(F)F)c2)no1)Nc1ccc(I)cc1. The Morgan fingerprint density at radius 2 is 1.89 bits per heavy atom. The van der Waals surface area contributed by atoms with Crippen LogP contribution in [0.15, 0.2) is 53.1 Å². The molecule has 0 spiro atoms. The van der Waals surface area contributed by atoms with E-state index in [1.807, 2.05) is 12.1 Å². The van der Waals surface area contributed by atoms with Crippen LogP contribution in [-0.4, -0.2) is 16.0 Å². The van der Waals surface area contributed by atoms with Crippen molar-refractivity contribution in [3.8, 4) is 11.4 Å². The van der Waals surface area contributed by atoms with Crippen molar-refractivity contribution in [2.24, 2.45) is 0 Å². The summed E-state index contributed by atoms with van der Waals surface area (Å²) in [5.74, 6) is 0.00402. The Labute approximate surface area is 166 Å². The maximum atomic E-state index is 12.8. The first-order valence-corrected chi connectivity index (χ1v) is 8.95. The van der Waals surface area contributed by atoms with Crippen LogP contribution in [-0.2, 0) is 17.4 Å². The Balaban J connectivity index is 1.61. The molecule has 1 N–H and O–H groups in total. The average Bonchev–Trinajstić information content (AvgIpc) is 3.10. The van der Waals surface area contributed by atoms with Crippen LogP contribution in [0.4, 0.5) is 18.9 Å². The second-order valence-corrected chi connectivity index (χ2v) is 6.89. The summed E-state index contributed by atoms with van der Waals surface area (Å²) >= 11 is 2.17. The van der Waals surface area contributed by atoms with Crippen LogP contribution in [0.1, 0.15) is 17.9 Å². The number of carbonyl (C=O) groups excluding carboxylic acids is 1. The molecule has 3 aromatic rings. The molecule has 0 saturated carbocycles. The molecule has 5 nitrogen and oxygen atoms in total. The predicted octanol–water partition coefficient (Wildman–Crippen LogP) is 4.93. The molecule has 3 rings (SSSR count). The highest BCUT2D eigenvalue weighted by Gasteiger charge is 2.30. The van der Waals surface area contributed by atoms with Crippen LogP contribution >= 0.6 is 22.6 Å². The van der Waals surface area contributed by atoms with E-state index in [0.717, 1.165) is 15.7 Å². The van der Waals surface area contributed by atoms with E-state index in [0.29, 0.717) is 5.69 Å². The van der Waals surface area contributed by atoms with Gasteiger partial charge in [0.05, 0.1) is 5.56 Å². The zero-order valence-electron chi connectivity index (χ0n) is 13.8. The molecule has 0 bridgehead atoms. The normalized spacial score (nSPS) is 11.4. The van der Waals surface area contributed by atoms with Crippen molar-refractivity contribution in [3.05, 3.63) is 63.6 Å². The summed E-state index contributed by atoms with van der Waals surface area (Å²) in [4.78, 5) is 16.0. The second-order valence-electron chi connectivity index (χ2n) is 5.65. The molecule has 1 aromatic heterocycles. The lowest BCUT2D eigenvalue weighted by Crippen LogP contribution is -2.12. The first kappa shape index (κ1) is 19.3. The fourth-order valence-corrected chi connectivity index (χ4v) is 2.65. The van der Waals surface area contributed by atoms with Gasteiger partial charge >= 0.3 is 6.18 Å². The summed E-state index contributed by atoms with van der Waals surface area (Å²) in [5, 5.41) is 6.44. The third kappa shape index (κ3) is 5.28. The second kappa shape index (κ2) is 8.07. The first-order chi connectivity index (χ1) is 12.8. The van der Waals surface area contributed by atoms with E-state index in [2.05, 4.69) is 38.0 Å². The number of amides is 1. The molecule has 0 radical (unpaired) electrons. The van der Waals surface area contributed by atoms with Gasteiger partial charge in [-0.3, -0.25) is 4.79 Å². The molecule has 0 fully saturated rings. The zero-order chi connectivity index (χ0) is 19.4. The summed E-state index contributed by atoms with van der Waals surface area (Å²) in [6.07, 6.45) is -4.16. The highest BCUT2D eigenvalue weighted by atomic mass is 127. The molecule has 0 unspecified atom stereocenters. The van der Waals surface area contributed by atoms with Crippen LogP contribution in [0.2, 0.25) is 0 Å². The monoisotopic (exact) mass is 487 g/mol. The fourth-order valence-electron chi connectivity index (χ4n) is 2.29. The van der Waals surface area contributed by atoms with Gasteiger partial charge in [0, 0.05) is 27.7 Å². The first-order valence-electron chi connectivity index (χ1n) is 7.87. The number of nitrogens with zero attached hydrogens (tertiary/aromatic N) is 2. The van der Waals surface area contributed by atoms with Gasteiger partial charge in [0.2, 0.25) is 17.6 Å². The molecule has 2 aromatic carbocycles. The topological polar surface area (TPSA) is 68.0 Å². The molecule has 1 heterocycles. The quantitative estimate of drug-likeness (QED) is 0.519. The third-order valence-electron chi connectivity index (χ3n) is 3.61. The lowest BCUT2D eigenvalue weighted by atomic mass is 10.1. The van der Waals surface area contributed by atoms with E-state index in [1.54, 1.807) is 12.1 Å². The summed E-state index contributed by atoms with van der Waals surface area (Å²) in [5.41, 5.74) is 0.0852. The van der Waals surface area contributed by atoms with Gasteiger partial charge in [-0.15, -0.1) is 0 Å². The van der Waals surface area contributed by atoms with E-state index in [4.69, 9.17) is 4.52 Å². The maximum Gasteiger partial charge on any atom is 0.416 e. The number of anilines is 1. The molecule has 1 amide bonds. The maximum absolute atomic E-state index is 12.8. The Morgan fingerprint density at radius 1 is 1.15 bits per heavy atom. The molecule has 9 heteroatoms. The van der Waals surface area contributed by atoms with Crippen LogP contribution < -0.4 is 5.32 Å². The Kier molecular flexibility index (Phi) is 5.78. The van der Waals surface area contributed by atoms with Crippen molar-refractivity contribution >= 4 is 34.2 Å². The number of alkyl halides is 3. The van der Waals surface area contributed by atoms with E-state index < -0.39 is 11.7 Å². The van der Waals surface area contributed by atoms with Gasteiger partial charge in [0.25, 0.3) is 0 Å². The molecule has 0 aliphatic carbocycles. The molecule has 140 valence electrons. The van der Waals surface area contributed by atoms with E-state index in [9.17, 15) is 18.0 Å². The minimum absolute atomic E-state index is 0.0501. The van der Waals surface area contributed by atoms with E-state index >= 15 is 0 Å². The van der Waals surface area contributed by atoms with Gasteiger partial charge < -0.3 is 9.84 Å². The van der Waals surface area contributed by atoms with Crippen molar-refractivity contribution in [1.29, 1.82) is 0 Å². The van der Waals surface area contributed by atoms with E-state index in [1.165, 1.54) is 12.1 Å². The number of carbonyl (C=O) groups is 1. The number of hydrogen-bond donors (Lipinski definition) is 1. The number of hydrogen-bond acceptors (Lipinski definition) is 4. The Hall–Kier alpha value is -2.43. The predicted molar refractivity (Wildman–Crippen MR) is 101 cm³/mol. The van der Waals surface area contributed by atoms with Gasteiger partial charge in [0.15, 0.2) is 0 Å². The number of halogens is 4. The lowest BCUT2D eigenvalue weighted by molar-refractivity contribution is -0.137. The standard InChI is InChI=1S/C18H13F3IN3O2/c19-18(20,21)12-3-1-2-11(10-12)17-24-16(27-25-17)9-8-15(26)23-14-6-4-13(22)5-7-14/h1-7,10H,8-9H2,(H,23,26). The molecule has 27 heavy (non-hydrogen) atoms. The average molecular weight is 487 g/mol. The van der Waals surface area contributed by atoms with Crippen LogP contribution in [0.3, 0.4) is 0 Å². The van der Waals surface area contributed by atoms with Crippen molar-refractivity contribution in [1.82, 2.24) is 10.1 Å². The third-order valence-corrected chi connectivity index (χ3v) is 4.33. The zero-order valence-corrected chi connectivity index (χ0v) is 15.9. The lowest BCUT2D eigenvalue weighted by Gasteiger charge is -2.06. The van der Waals surface area contributed by atoms with Gasteiger partial charge in [-0.1, -0.05) is 17.3 Å². The number of rotatable bonds is 5. The molecule has 0 aliphatic rings. The van der Waals surface area contributed by atoms with Gasteiger partial charge in [-0.2, -0.15) is 18.2 Å². The van der Waals surface area contributed by atoms with Crippen LogP contribution in [0, 0.1) is 3.57 Å². The van der Waals surface area contributed by atoms with Gasteiger partial charge in [-0.25, -0.2) is 0 Å². The van der Waals surface area contributed by atoms with Crippen LogP contribution in [0.5, 0.6) is 0 Å². The highest BCUT2D eigenvalue weighted by molar-refractivity contribution is 14.1. The molecule has 0 saturated heterocycles. The van der Waals surface area contributed by atoms with E-state index in [-0.39, 0.29) is 36.0 Å². The fraction of sp³-hybridized carbons (Fsp3) is 0.167. The van der Waals surface area contributed by atoms with Crippen molar-refractivity contribution in [2.75, 3.05) is 5.32 Å². The number of nitrogens with one attached hydrogen (secondary N) is 1. The molecular weight excluding hydrogens is 474 g/mol. The highest BCUT2D eigenvalue weighted by Crippen LogP contribution is 2.31. The molecule has 0 atom stereocenters. The Bertz CT molecular complexity index is 940. The molecule has 0 aliphatic heterocycles. The summed E-state index contributed by atoms with van der Waals surface area (Å²) < 4.78 is 44.5. The largest absolute Gasteiger partial charge is 0.416 e. The smallest absolute Gasteiger partial charge is 0.339 e. The minimum Gasteiger partial charge on any atom is -0.339 e. The van der Waals surface area contributed by atoms with Crippen molar-refractivity contribution in [3.63, 3.8) is 0 Å². The number of benzene rings is 2. The summed E-state index contributed by atoms with van der Waals surface area (Å²) in [7, 11) is 0. The summed E-state index contributed by atoms with van der Waals surface area (Å²) in [6.45, 7) is 0. The summed E-state index contributed by atoms with van der Waals surface area (Å²) in [6, 6.07) is 12.0. The van der Waals surface area contributed by atoms with Crippen LogP contribution in [0.25, 0.3) is 11.4 Å². The molecular formula is C18H13F3IN3O2. The van der Waals surface area contributed by atoms with Gasteiger partial charge in [-0.05, 0) is 59.0 Å². The Morgan fingerprint density at radius 3 is 2.59 bits per heavy atom. The number of aromatic nitrogens is 2.